The van der Waals surface area contributed by atoms with Crippen LogP contribution in [0, 0.1) is 0 Å². The lowest BCUT2D eigenvalue weighted by Crippen LogP contribution is -1.92. The molecule has 0 bridgehead atoms. The lowest BCUT2D eigenvalue weighted by atomic mass is 10.3. The molecule has 16 heavy (non-hydrogen) atoms. The maximum absolute atomic E-state index is 5.48. The minimum absolute atomic E-state index is 0.478. The number of hydrogen-bond donors (Lipinski definition) is 0. The predicted octanol–water partition coefficient (Wildman–Crippen LogP) is 2.67. The molecule has 0 radical (unpaired) electrons. The first kappa shape index (κ1) is 10.4. The van der Waals surface area contributed by atoms with Gasteiger partial charge in [0, 0.05) is 12.3 Å². The summed E-state index contributed by atoms with van der Waals surface area (Å²) in [6, 6.07) is 10.9. The summed E-state index contributed by atoms with van der Waals surface area (Å²) in [4.78, 5) is 0. The Morgan fingerprint density at radius 3 is 2.44 bits per heavy atom. The monoisotopic (exact) mass is 216 g/mol. The highest BCUT2D eigenvalue weighted by Crippen LogP contribution is 2.21. The summed E-state index contributed by atoms with van der Waals surface area (Å²) in [7, 11) is 0. The van der Waals surface area contributed by atoms with Crippen molar-refractivity contribution in [3.63, 3.8) is 0 Å². The summed E-state index contributed by atoms with van der Waals surface area (Å²) in [5.41, 5.74) is 0. The summed E-state index contributed by atoms with van der Waals surface area (Å²) in [6.07, 6.45) is 1.60. The van der Waals surface area contributed by atoms with Gasteiger partial charge in [0.05, 0.1) is 6.61 Å². The lowest BCUT2D eigenvalue weighted by Gasteiger charge is -2.05. The molecule has 0 aliphatic carbocycles. The third-order valence-electron chi connectivity index (χ3n) is 1.90. The number of ether oxygens (including phenoxy) is 2. The highest BCUT2D eigenvalue weighted by atomic mass is 16.5. The average molecular weight is 216 g/mol. The molecule has 0 aliphatic rings. The van der Waals surface area contributed by atoms with Crippen LogP contribution in [-0.4, -0.2) is 16.8 Å². The fraction of sp³-hybridized carbons (Fsp3) is 0.167. The summed E-state index contributed by atoms with van der Waals surface area (Å²) >= 11 is 0. The van der Waals surface area contributed by atoms with Gasteiger partial charge in [-0.3, -0.25) is 0 Å². The Kier molecular flexibility index (Phi) is 3.33. The van der Waals surface area contributed by atoms with Crippen LogP contribution in [-0.2, 0) is 0 Å². The standard InChI is InChI=1S/C12H12N2O2/c1-2-15-10-5-7-11(8-6-10)16-12-4-3-9-13-14-12/h3-9H,2H2,1H3. The average Bonchev–Trinajstić information content (AvgIpc) is 2.33. The van der Waals surface area contributed by atoms with Crippen LogP contribution in [0.3, 0.4) is 0 Å². The van der Waals surface area contributed by atoms with E-state index in [0.717, 1.165) is 5.75 Å². The minimum Gasteiger partial charge on any atom is -0.494 e. The topological polar surface area (TPSA) is 44.2 Å². The van der Waals surface area contributed by atoms with Gasteiger partial charge < -0.3 is 9.47 Å². The van der Waals surface area contributed by atoms with Crippen molar-refractivity contribution in [2.45, 2.75) is 6.92 Å². The van der Waals surface area contributed by atoms with Gasteiger partial charge in [-0.15, -0.1) is 5.10 Å². The van der Waals surface area contributed by atoms with E-state index in [2.05, 4.69) is 10.2 Å². The Bertz CT molecular complexity index is 429. The van der Waals surface area contributed by atoms with Crippen LogP contribution in [0.4, 0.5) is 0 Å². The van der Waals surface area contributed by atoms with Crippen molar-refractivity contribution in [3.05, 3.63) is 42.6 Å². The van der Waals surface area contributed by atoms with Crippen molar-refractivity contribution in [2.75, 3.05) is 6.61 Å². The molecule has 4 nitrogen and oxygen atoms in total. The zero-order valence-electron chi connectivity index (χ0n) is 8.96. The molecule has 1 aromatic heterocycles. The molecule has 0 saturated heterocycles. The zero-order chi connectivity index (χ0) is 11.2. The van der Waals surface area contributed by atoms with E-state index in [1.54, 1.807) is 18.3 Å². The molecule has 1 aromatic carbocycles. The van der Waals surface area contributed by atoms with Crippen LogP contribution in [0.2, 0.25) is 0 Å². The van der Waals surface area contributed by atoms with E-state index in [1.807, 2.05) is 31.2 Å². The fourth-order valence-electron chi connectivity index (χ4n) is 1.23. The van der Waals surface area contributed by atoms with Gasteiger partial charge in [0.1, 0.15) is 11.5 Å². The first-order chi connectivity index (χ1) is 7.88. The fourth-order valence-corrected chi connectivity index (χ4v) is 1.23. The Balaban J connectivity index is 2.05. The van der Waals surface area contributed by atoms with Crippen LogP contribution >= 0.6 is 0 Å². The number of benzene rings is 1. The highest BCUT2D eigenvalue weighted by Gasteiger charge is 1.98. The molecule has 0 atom stereocenters. The number of nitrogens with zero attached hydrogens (tertiary/aromatic N) is 2. The first-order valence-electron chi connectivity index (χ1n) is 5.07. The molecule has 2 rings (SSSR count). The van der Waals surface area contributed by atoms with Gasteiger partial charge in [-0.1, -0.05) is 0 Å². The SMILES string of the molecule is CCOc1ccc(Oc2cccnn2)cc1. The van der Waals surface area contributed by atoms with Gasteiger partial charge in [0.2, 0.25) is 5.88 Å². The summed E-state index contributed by atoms with van der Waals surface area (Å²) in [5.74, 6) is 2.02. The minimum atomic E-state index is 0.478. The van der Waals surface area contributed by atoms with E-state index < -0.39 is 0 Å². The second-order valence-corrected chi connectivity index (χ2v) is 3.07. The van der Waals surface area contributed by atoms with Crippen molar-refractivity contribution in [3.8, 4) is 17.4 Å². The number of rotatable bonds is 4. The molecule has 0 saturated carbocycles. The maximum atomic E-state index is 5.48. The molecule has 0 fully saturated rings. The second-order valence-electron chi connectivity index (χ2n) is 3.07. The summed E-state index contributed by atoms with van der Waals surface area (Å²) in [6.45, 7) is 2.61. The third kappa shape index (κ3) is 2.70. The van der Waals surface area contributed by atoms with Gasteiger partial charge in [0.25, 0.3) is 0 Å². The molecule has 0 aliphatic heterocycles. The molecule has 2 aromatic rings. The Morgan fingerprint density at radius 1 is 1.06 bits per heavy atom. The van der Waals surface area contributed by atoms with Crippen molar-refractivity contribution in [1.29, 1.82) is 0 Å². The molecule has 0 spiro atoms. The number of hydrogen-bond acceptors (Lipinski definition) is 4. The van der Waals surface area contributed by atoms with Crippen molar-refractivity contribution in [2.24, 2.45) is 0 Å². The highest BCUT2D eigenvalue weighted by molar-refractivity contribution is 5.33. The normalized spacial score (nSPS) is 9.81. The predicted molar refractivity (Wildman–Crippen MR) is 59.7 cm³/mol. The van der Waals surface area contributed by atoms with E-state index in [9.17, 15) is 0 Å². The van der Waals surface area contributed by atoms with E-state index in [1.165, 1.54) is 0 Å². The van der Waals surface area contributed by atoms with E-state index in [0.29, 0.717) is 18.2 Å². The van der Waals surface area contributed by atoms with Gasteiger partial charge in [-0.2, -0.15) is 5.10 Å². The van der Waals surface area contributed by atoms with Crippen LogP contribution in [0.15, 0.2) is 42.6 Å². The zero-order valence-corrected chi connectivity index (χ0v) is 8.96. The van der Waals surface area contributed by atoms with Crippen molar-refractivity contribution in [1.82, 2.24) is 10.2 Å². The van der Waals surface area contributed by atoms with E-state index in [4.69, 9.17) is 9.47 Å². The van der Waals surface area contributed by atoms with E-state index >= 15 is 0 Å². The molecular formula is C12H12N2O2. The Labute approximate surface area is 93.9 Å². The van der Waals surface area contributed by atoms with Crippen LogP contribution < -0.4 is 9.47 Å². The summed E-state index contributed by atoms with van der Waals surface area (Å²) < 4.78 is 10.8. The first-order valence-corrected chi connectivity index (χ1v) is 5.07. The quantitative estimate of drug-likeness (QED) is 0.788. The Hall–Kier alpha value is -2.10. The largest absolute Gasteiger partial charge is 0.494 e. The lowest BCUT2D eigenvalue weighted by molar-refractivity contribution is 0.339. The molecule has 0 N–H and O–H groups in total. The Morgan fingerprint density at radius 2 is 1.81 bits per heavy atom. The van der Waals surface area contributed by atoms with Crippen LogP contribution in [0.25, 0.3) is 0 Å². The van der Waals surface area contributed by atoms with E-state index in [-0.39, 0.29) is 0 Å². The molecular weight excluding hydrogens is 204 g/mol. The molecule has 0 unspecified atom stereocenters. The van der Waals surface area contributed by atoms with Crippen LogP contribution in [0.5, 0.6) is 17.4 Å². The smallest absolute Gasteiger partial charge is 0.238 e. The summed E-state index contributed by atoms with van der Waals surface area (Å²) in [5, 5.41) is 7.56. The van der Waals surface area contributed by atoms with Crippen LogP contribution in [0.1, 0.15) is 6.92 Å². The molecule has 4 heteroatoms. The van der Waals surface area contributed by atoms with Gasteiger partial charge in [-0.05, 0) is 37.3 Å². The second kappa shape index (κ2) is 5.11. The molecule has 82 valence electrons. The molecule has 1 heterocycles. The van der Waals surface area contributed by atoms with Crippen molar-refractivity contribution < 1.29 is 9.47 Å². The van der Waals surface area contributed by atoms with Gasteiger partial charge in [-0.25, -0.2) is 0 Å². The van der Waals surface area contributed by atoms with Crippen molar-refractivity contribution >= 4 is 0 Å². The number of aromatic nitrogens is 2. The third-order valence-corrected chi connectivity index (χ3v) is 1.90. The maximum Gasteiger partial charge on any atom is 0.238 e. The van der Waals surface area contributed by atoms with Gasteiger partial charge in [0.15, 0.2) is 0 Å². The van der Waals surface area contributed by atoms with Gasteiger partial charge >= 0.3 is 0 Å². The molecule has 0 amide bonds.